The van der Waals surface area contributed by atoms with E-state index in [0.29, 0.717) is 18.0 Å². The van der Waals surface area contributed by atoms with Crippen molar-refractivity contribution in [2.75, 3.05) is 11.5 Å². The van der Waals surface area contributed by atoms with Crippen molar-refractivity contribution in [1.29, 1.82) is 0 Å². The zero-order valence-electron chi connectivity index (χ0n) is 12.4. The molecule has 0 fully saturated rings. The summed E-state index contributed by atoms with van der Waals surface area (Å²) in [6, 6.07) is 15.7. The van der Waals surface area contributed by atoms with Crippen molar-refractivity contribution < 1.29 is 14.3 Å². The molecule has 114 valence electrons. The minimum Gasteiger partial charge on any atom is -0.466 e. The molecule has 0 atom stereocenters. The topological polar surface area (TPSA) is 72.6 Å². The molecule has 5 nitrogen and oxygen atoms in total. The van der Waals surface area contributed by atoms with Crippen molar-refractivity contribution in [2.24, 2.45) is 5.73 Å². The number of benzene rings is 2. The molecule has 0 aliphatic heterocycles. The third-order valence-electron chi connectivity index (χ3n) is 3.08. The number of hydrogen-bond acceptors (Lipinski definition) is 3. The number of ether oxygens (including phenoxy) is 1. The molecule has 2 N–H and O–H groups in total. The van der Waals surface area contributed by atoms with E-state index in [1.165, 1.54) is 4.90 Å². The van der Waals surface area contributed by atoms with Gasteiger partial charge in [0.15, 0.2) is 0 Å². The summed E-state index contributed by atoms with van der Waals surface area (Å²) in [7, 11) is 0. The molecule has 2 amide bonds. The Morgan fingerprint density at radius 2 is 1.59 bits per heavy atom. The van der Waals surface area contributed by atoms with Gasteiger partial charge in [-0.15, -0.1) is 0 Å². The first-order valence-electron chi connectivity index (χ1n) is 7.01. The number of hydrogen-bond donors (Lipinski definition) is 1. The predicted octanol–water partition coefficient (Wildman–Crippen LogP) is 3.01. The maximum Gasteiger partial charge on any atom is 0.323 e. The number of esters is 1. The van der Waals surface area contributed by atoms with Crippen LogP contribution < -0.4 is 10.6 Å². The van der Waals surface area contributed by atoms with Crippen LogP contribution in [0.5, 0.6) is 0 Å². The van der Waals surface area contributed by atoms with Crippen LogP contribution in [-0.4, -0.2) is 18.6 Å². The molecule has 0 heterocycles. The number of nitrogens with zero attached hydrogens (tertiary/aromatic N) is 1. The van der Waals surface area contributed by atoms with Crippen LogP contribution >= 0.6 is 0 Å². The number of urea groups is 1. The molecule has 0 spiro atoms. The third-order valence-corrected chi connectivity index (χ3v) is 3.08. The molecular weight excluding hydrogens is 280 g/mol. The van der Waals surface area contributed by atoms with Gasteiger partial charge in [-0.25, -0.2) is 4.79 Å². The Balaban J connectivity index is 2.20. The van der Waals surface area contributed by atoms with Crippen molar-refractivity contribution in [3.8, 4) is 0 Å². The Hall–Kier alpha value is -2.82. The minimum absolute atomic E-state index is 0.204. The van der Waals surface area contributed by atoms with Crippen LogP contribution in [0.1, 0.15) is 12.5 Å². The summed E-state index contributed by atoms with van der Waals surface area (Å²) >= 11 is 0. The highest BCUT2D eigenvalue weighted by atomic mass is 16.5. The monoisotopic (exact) mass is 298 g/mol. The molecule has 0 radical (unpaired) electrons. The maximum absolute atomic E-state index is 11.7. The summed E-state index contributed by atoms with van der Waals surface area (Å²) in [4.78, 5) is 24.6. The lowest BCUT2D eigenvalue weighted by atomic mass is 10.1. The molecule has 5 heteroatoms. The van der Waals surface area contributed by atoms with E-state index >= 15 is 0 Å². The first-order chi connectivity index (χ1) is 10.6. The number of primary amides is 1. The van der Waals surface area contributed by atoms with Gasteiger partial charge in [-0.2, -0.15) is 0 Å². The van der Waals surface area contributed by atoms with E-state index in [1.54, 1.807) is 43.3 Å². The van der Waals surface area contributed by atoms with Crippen LogP contribution in [0.3, 0.4) is 0 Å². The highest BCUT2D eigenvalue weighted by Gasteiger charge is 2.14. The van der Waals surface area contributed by atoms with E-state index in [0.717, 1.165) is 5.56 Å². The standard InChI is InChI=1S/C17H18N2O3/c1-2-22-16(20)12-13-8-10-15(11-9-13)19(17(18)21)14-6-4-3-5-7-14/h3-11H,2,12H2,1H3,(H2,18,21). The largest absolute Gasteiger partial charge is 0.466 e. The van der Waals surface area contributed by atoms with E-state index < -0.39 is 6.03 Å². The van der Waals surface area contributed by atoms with Crippen LogP contribution in [0.2, 0.25) is 0 Å². The first kappa shape index (κ1) is 15.6. The molecule has 0 aliphatic rings. The summed E-state index contributed by atoms with van der Waals surface area (Å²) in [5.74, 6) is -0.273. The average molecular weight is 298 g/mol. The van der Waals surface area contributed by atoms with Crippen LogP contribution in [0.4, 0.5) is 16.2 Å². The van der Waals surface area contributed by atoms with Crippen molar-refractivity contribution in [3.63, 3.8) is 0 Å². The summed E-state index contributed by atoms with van der Waals surface area (Å²) in [6.45, 7) is 2.13. The number of carbonyl (C=O) groups is 2. The van der Waals surface area contributed by atoms with Crippen LogP contribution in [-0.2, 0) is 16.0 Å². The Kier molecular flexibility index (Phi) is 5.14. The fourth-order valence-corrected chi connectivity index (χ4v) is 2.12. The molecule has 2 aromatic carbocycles. The predicted molar refractivity (Wildman–Crippen MR) is 84.9 cm³/mol. The number of anilines is 2. The van der Waals surface area contributed by atoms with Gasteiger partial charge in [-0.1, -0.05) is 30.3 Å². The van der Waals surface area contributed by atoms with Gasteiger partial charge >= 0.3 is 12.0 Å². The second-order valence-corrected chi connectivity index (χ2v) is 4.66. The van der Waals surface area contributed by atoms with Gasteiger partial charge in [0.1, 0.15) is 0 Å². The minimum atomic E-state index is -0.565. The molecular formula is C17H18N2O3. The SMILES string of the molecule is CCOC(=O)Cc1ccc(N(C(N)=O)c2ccccc2)cc1. The second kappa shape index (κ2) is 7.26. The zero-order valence-corrected chi connectivity index (χ0v) is 12.4. The Bertz CT molecular complexity index is 639. The molecule has 0 aliphatic carbocycles. The molecule has 0 aromatic heterocycles. The van der Waals surface area contributed by atoms with Crippen molar-refractivity contribution in [1.82, 2.24) is 0 Å². The molecule has 2 aromatic rings. The second-order valence-electron chi connectivity index (χ2n) is 4.66. The van der Waals surface area contributed by atoms with Crippen LogP contribution in [0.25, 0.3) is 0 Å². The summed E-state index contributed by atoms with van der Waals surface area (Å²) in [5.41, 5.74) is 7.62. The Labute approximate surface area is 129 Å². The van der Waals surface area contributed by atoms with E-state index in [2.05, 4.69) is 0 Å². The number of amides is 2. The van der Waals surface area contributed by atoms with E-state index in [9.17, 15) is 9.59 Å². The van der Waals surface area contributed by atoms with Gasteiger partial charge in [0, 0.05) is 0 Å². The highest BCUT2D eigenvalue weighted by molar-refractivity contribution is 5.98. The van der Waals surface area contributed by atoms with Gasteiger partial charge in [0.2, 0.25) is 0 Å². The zero-order chi connectivity index (χ0) is 15.9. The number of carbonyl (C=O) groups excluding carboxylic acids is 2. The Morgan fingerprint density at radius 3 is 2.14 bits per heavy atom. The van der Waals surface area contributed by atoms with Gasteiger partial charge in [-0.3, -0.25) is 9.69 Å². The third kappa shape index (κ3) is 3.85. The van der Waals surface area contributed by atoms with E-state index in [4.69, 9.17) is 10.5 Å². The summed E-state index contributed by atoms with van der Waals surface area (Å²) in [5, 5.41) is 0. The first-order valence-corrected chi connectivity index (χ1v) is 7.01. The van der Waals surface area contributed by atoms with Gasteiger partial charge in [0.25, 0.3) is 0 Å². The fourth-order valence-electron chi connectivity index (χ4n) is 2.12. The van der Waals surface area contributed by atoms with Gasteiger partial charge in [0.05, 0.1) is 24.4 Å². The lowest BCUT2D eigenvalue weighted by Crippen LogP contribution is -2.31. The maximum atomic E-state index is 11.7. The smallest absolute Gasteiger partial charge is 0.323 e. The van der Waals surface area contributed by atoms with Crippen LogP contribution in [0.15, 0.2) is 54.6 Å². The highest BCUT2D eigenvalue weighted by Crippen LogP contribution is 2.25. The van der Waals surface area contributed by atoms with Crippen molar-refractivity contribution >= 4 is 23.4 Å². The van der Waals surface area contributed by atoms with E-state index in [-0.39, 0.29) is 12.4 Å². The lowest BCUT2D eigenvalue weighted by Gasteiger charge is -2.20. The number of rotatable bonds is 5. The molecule has 0 saturated carbocycles. The summed E-state index contributed by atoms with van der Waals surface area (Å²) < 4.78 is 4.91. The molecule has 22 heavy (non-hydrogen) atoms. The van der Waals surface area contributed by atoms with Crippen LogP contribution in [0, 0.1) is 0 Å². The lowest BCUT2D eigenvalue weighted by molar-refractivity contribution is -0.142. The quantitative estimate of drug-likeness (QED) is 0.862. The molecule has 0 bridgehead atoms. The van der Waals surface area contributed by atoms with E-state index in [1.807, 2.05) is 18.2 Å². The fraction of sp³-hybridized carbons (Fsp3) is 0.176. The average Bonchev–Trinajstić information content (AvgIpc) is 2.50. The van der Waals surface area contributed by atoms with Gasteiger partial charge < -0.3 is 10.5 Å². The molecule has 0 unspecified atom stereocenters. The summed E-state index contributed by atoms with van der Waals surface area (Å²) in [6.07, 6.45) is 0.204. The van der Waals surface area contributed by atoms with Crippen molar-refractivity contribution in [3.05, 3.63) is 60.2 Å². The molecule has 0 saturated heterocycles. The molecule has 2 rings (SSSR count). The number of para-hydroxylation sites is 1. The Morgan fingerprint density at radius 1 is 1.00 bits per heavy atom. The normalized spacial score (nSPS) is 10.0. The number of nitrogens with two attached hydrogens (primary N) is 1. The van der Waals surface area contributed by atoms with Gasteiger partial charge in [-0.05, 0) is 36.8 Å². The van der Waals surface area contributed by atoms with Crippen molar-refractivity contribution in [2.45, 2.75) is 13.3 Å².